The number of nitrogens with one attached hydrogen (secondary N) is 1. The van der Waals surface area contributed by atoms with E-state index in [4.69, 9.17) is 0 Å². The van der Waals surface area contributed by atoms with E-state index in [1.807, 2.05) is 0 Å². The summed E-state index contributed by atoms with van der Waals surface area (Å²) in [6.45, 7) is 8.03. The minimum absolute atomic E-state index is 0.122. The van der Waals surface area contributed by atoms with Crippen LogP contribution < -0.4 is 5.32 Å². The van der Waals surface area contributed by atoms with Gasteiger partial charge in [0.1, 0.15) is 0 Å². The fourth-order valence-electron chi connectivity index (χ4n) is 4.87. The van der Waals surface area contributed by atoms with Crippen molar-refractivity contribution in [2.24, 2.45) is 17.8 Å². The van der Waals surface area contributed by atoms with Crippen LogP contribution in [0, 0.1) is 17.8 Å². The van der Waals surface area contributed by atoms with Crippen LogP contribution in [0.2, 0.25) is 0 Å². The number of hydrogen-bond donors (Lipinski definition) is 2. The highest BCUT2D eigenvalue weighted by molar-refractivity contribution is 4.93. The first-order chi connectivity index (χ1) is 11.2. The molecule has 4 unspecified atom stereocenters. The van der Waals surface area contributed by atoms with E-state index in [1.165, 1.54) is 58.0 Å². The average Bonchev–Trinajstić information content (AvgIpc) is 3.44. The minimum atomic E-state index is -0.122. The Balaban J connectivity index is 1.53. The highest BCUT2D eigenvalue weighted by Crippen LogP contribution is 2.37. The van der Waals surface area contributed by atoms with Crippen LogP contribution in [0.25, 0.3) is 0 Å². The standard InChI is InChI=1S/C20H38N2O/c1-3-20(23)18-11-19(21-12-16-7-5-4-6-8-16)14-22(13-18)15(2)17-9-10-17/h15-21,23H,3-14H2,1-2H3. The van der Waals surface area contributed by atoms with Crippen molar-refractivity contribution in [1.82, 2.24) is 10.2 Å². The van der Waals surface area contributed by atoms with Crippen molar-refractivity contribution in [2.75, 3.05) is 19.6 Å². The van der Waals surface area contributed by atoms with Crippen molar-refractivity contribution < 1.29 is 5.11 Å². The molecule has 1 heterocycles. The Labute approximate surface area is 143 Å². The molecule has 1 saturated heterocycles. The molecule has 3 nitrogen and oxygen atoms in total. The predicted molar refractivity (Wildman–Crippen MR) is 96.5 cm³/mol. The number of piperidine rings is 1. The molecular weight excluding hydrogens is 284 g/mol. The van der Waals surface area contributed by atoms with Gasteiger partial charge in [0.15, 0.2) is 0 Å². The number of likely N-dealkylation sites (tertiary alicyclic amines) is 1. The summed E-state index contributed by atoms with van der Waals surface area (Å²) in [5.41, 5.74) is 0. The zero-order chi connectivity index (χ0) is 16.2. The molecule has 1 aliphatic heterocycles. The number of rotatable bonds is 7. The topological polar surface area (TPSA) is 35.5 Å². The summed E-state index contributed by atoms with van der Waals surface area (Å²) in [5, 5.41) is 14.3. The summed E-state index contributed by atoms with van der Waals surface area (Å²) in [7, 11) is 0. The third-order valence-electron chi connectivity index (χ3n) is 6.77. The van der Waals surface area contributed by atoms with Crippen LogP contribution in [0.4, 0.5) is 0 Å². The van der Waals surface area contributed by atoms with Gasteiger partial charge in [0.2, 0.25) is 0 Å². The van der Waals surface area contributed by atoms with Gasteiger partial charge in [0.05, 0.1) is 6.10 Å². The molecule has 2 N–H and O–H groups in total. The van der Waals surface area contributed by atoms with E-state index < -0.39 is 0 Å². The highest BCUT2D eigenvalue weighted by atomic mass is 16.3. The molecule has 3 fully saturated rings. The Hall–Kier alpha value is -0.120. The third kappa shape index (κ3) is 4.93. The van der Waals surface area contributed by atoms with Crippen molar-refractivity contribution in [3.05, 3.63) is 0 Å². The van der Waals surface area contributed by atoms with E-state index in [1.54, 1.807) is 0 Å². The first-order valence-corrected chi connectivity index (χ1v) is 10.3. The molecule has 134 valence electrons. The van der Waals surface area contributed by atoms with Gasteiger partial charge in [-0.3, -0.25) is 4.90 Å². The lowest BCUT2D eigenvalue weighted by molar-refractivity contribution is 0.0172. The Morgan fingerprint density at radius 3 is 2.43 bits per heavy atom. The molecule has 4 atom stereocenters. The van der Waals surface area contributed by atoms with Crippen molar-refractivity contribution in [2.45, 2.75) is 89.8 Å². The van der Waals surface area contributed by atoms with E-state index >= 15 is 0 Å². The second-order valence-electron chi connectivity index (χ2n) is 8.61. The van der Waals surface area contributed by atoms with Crippen LogP contribution >= 0.6 is 0 Å². The second kappa shape index (κ2) is 8.31. The molecule has 0 bridgehead atoms. The predicted octanol–water partition coefficient (Wildman–Crippen LogP) is 3.42. The van der Waals surface area contributed by atoms with Crippen LogP contribution in [0.15, 0.2) is 0 Å². The van der Waals surface area contributed by atoms with E-state index in [2.05, 4.69) is 24.1 Å². The average molecular weight is 323 g/mol. The monoisotopic (exact) mass is 322 g/mol. The molecule has 0 amide bonds. The van der Waals surface area contributed by atoms with Gasteiger partial charge >= 0.3 is 0 Å². The quantitative estimate of drug-likeness (QED) is 0.754. The van der Waals surface area contributed by atoms with Crippen LogP contribution in [-0.4, -0.2) is 47.8 Å². The van der Waals surface area contributed by atoms with Crippen molar-refractivity contribution in [1.29, 1.82) is 0 Å². The lowest BCUT2D eigenvalue weighted by Crippen LogP contribution is -2.55. The fourth-order valence-corrected chi connectivity index (χ4v) is 4.87. The van der Waals surface area contributed by atoms with Gasteiger partial charge in [0, 0.05) is 25.2 Å². The second-order valence-corrected chi connectivity index (χ2v) is 8.61. The zero-order valence-corrected chi connectivity index (χ0v) is 15.3. The third-order valence-corrected chi connectivity index (χ3v) is 6.77. The largest absolute Gasteiger partial charge is 0.393 e. The first-order valence-electron chi connectivity index (χ1n) is 10.3. The summed E-state index contributed by atoms with van der Waals surface area (Å²) in [4.78, 5) is 2.68. The molecule has 23 heavy (non-hydrogen) atoms. The maximum atomic E-state index is 10.4. The summed E-state index contributed by atoms with van der Waals surface area (Å²) < 4.78 is 0. The fraction of sp³-hybridized carbons (Fsp3) is 1.00. The number of aliphatic hydroxyl groups is 1. The number of hydrogen-bond acceptors (Lipinski definition) is 3. The van der Waals surface area contributed by atoms with Gasteiger partial charge in [-0.1, -0.05) is 26.2 Å². The van der Waals surface area contributed by atoms with Crippen LogP contribution in [0.1, 0.15) is 71.6 Å². The Kier molecular flexibility index (Phi) is 6.39. The molecule has 3 rings (SSSR count). The van der Waals surface area contributed by atoms with E-state index in [0.29, 0.717) is 18.0 Å². The molecule has 2 saturated carbocycles. The maximum absolute atomic E-state index is 10.4. The van der Waals surface area contributed by atoms with Crippen LogP contribution in [-0.2, 0) is 0 Å². The lowest BCUT2D eigenvalue weighted by Gasteiger charge is -2.43. The minimum Gasteiger partial charge on any atom is -0.393 e. The van der Waals surface area contributed by atoms with E-state index in [-0.39, 0.29) is 6.10 Å². The molecule has 0 radical (unpaired) electrons. The number of nitrogens with zero attached hydrogens (tertiary/aromatic N) is 1. The van der Waals surface area contributed by atoms with Crippen molar-refractivity contribution >= 4 is 0 Å². The highest BCUT2D eigenvalue weighted by Gasteiger charge is 2.38. The summed E-state index contributed by atoms with van der Waals surface area (Å²) in [6, 6.07) is 1.29. The summed E-state index contributed by atoms with van der Waals surface area (Å²) in [6.07, 6.45) is 11.9. The Morgan fingerprint density at radius 1 is 1.04 bits per heavy atom. The summed E-state index contributed by atoms with van der Waals surface area (Å²) in [5.74, 6) is 2.28. The van der Waals surface area contributed by atoms with Gasteiger partial charge in [-0.25, -0.2) is 0 Å². The molecule has 0 aromatic heterocycles. The van der Waals surface area contributed by atoms with Crippen LogP contribution in [0.5, 0.6) is 0 Å². The SMILES string of the molecule is CCC(O)C1CC(NCC2CCCCC2)CN(C(C)C2CC2)C1. The van der Waals surface area contributed by atoms with E-state index in [9.17, 15) is 5.11 Å². The molecule has 0 aromatic rings. The van der Waals surface area contributed by atoms with Crippen molar-refractivity contribution in [3.63, 3.8) is 0 Å². The molecule has 3 heteroatoms. The van der Waals surface area contributed by atoms with Gasteiger partial charge in [-0.2, -0.15) is 0 Å². The molecule has 3 aliphatic rings. The number of aliphatic hydroxyl groups excluding tert-OH is 1. The van der Waals surface area contributed by atoms with Gasteiger partial charge in [-0.15, -0.1) is 0 Å². The zero-order valence-electron chi connectivity index (χ0n) is 15.3. The van der Waals surface area contributed by atoms with Gasteiger partial charge < -0.3 is 10.4 Å². The maximum Gasteiger partial charge on any atom is 0.0578 e. The van der Waals surface area contributed by atoms with Crippen molar-refractivity contribution in [3.8, 4) is 0 Å². The van der Waals surface area contributed by atoms with Gasteiger partial charge in [-0.05, 0) is 69.7 Å². The van der Waals surface area contributed by atoms with E-state index in [0.717, 1.165) is 31.2 Å². The Bertz CT molecular complexity index is 352. The lowest BCUT2D eigenvalue weighted by atomic mass is 9.86. The normalized spacial score (nSPS) is 33.5. The molecule has 2 aliphatic carbocycles. The first kappa shape index (κ1) is 17.7. The molecule has 0 spiro atoms. The van der Waals surface area contributed by atoms with Gasteiger partial charge in [0.25, 0.3) is 0 Å². The smallest absolute Gasteiger partial charge is 0.0578 e. The Morgan fingerprint density at radius 2 is 1.78 bits per heavy atom. The van der Waals surface area contributed by atoms with Crippen LogP contribution in [0.3, 0.4) is 0 Å². The molecule has 0 aromatic carbocycles. The molecular formula is C20H38N2O. The summed E-state index contributed by atoms with van der Waals surface area (Å²) >= 11 is 0.